The van der Waals surface area contributed by atoms with Crippen LogP contribution in [0.4, 0.5) is 0 Å². The second-order valence-corrected chi connectivity index (χ2v) is 4.49. The van der Waals surface area contributed by atoms with Crippen molar-refractivity contribution in [3.63, 3.8) is 0 Å². The SMILES string of the molecule is CC1(C2CCC2)CCCC1. The maximum atomic E-state index is 2.52. The molecule has 0 aromatic carbocycles. The van der Waals surface area contributed by atoms with Gasteiger partial charge in [-0.2, -0.15) is 0 Å². The molecule has 0 bridgehead atoms. The molecule has 0 radical (unpaired) electrons. The molecule has 58 valence electrons. The Morgan fingerprint density at radius 1 is 1.00 bits per heavy atom. The molecule has 10 heavy (non-hydrogen) atoms. The smallest absolute Gasteiger partial charge is 0.0298 e. The van der Waals surface area contributed by atoms with E-state index in [-0.39, 0.29) is 0 Å². The molecule has 0 heteroatoms. The van der Waals surface area contributed by atoms with Gasteiger partial charge in [0.15, 0.2) is 0 Å². The van der Waals surface area contributed by atoms with E-state index < -0.39 is 0 Å². The fourth-order valence-electron chi connectivity index (χ4n) is 2.70. The average molecular weight is 138 g/mol. The van der Waals surface area contributed by atoms with Crippen LogP contribution in [0.15, 0.2) is 0 Å². The third-order valence-electron chi connectivity index (χ3n) is 3.84. The highest BCUT2D eigenvalue weighted by molar-refractivity contribution is 4.90. The van der Waals surface area contributed by atoms with Crippen molar-refractivity contribution in [1.29, 1.82) is 0 Å². The van der Waals surface area contributed by atoms with Crippen molar-refractivity contribution in [1.82, 2.24) is 0 Å². The summed E-state index contributed by atoms with van der Waals surface area (Å²) in [6.07, 6.45) is 10.7. The van der Waals surface area contributed by atoms with Crippen molar-refractivity contribution in [2.75, 3.05) is 0 Å². The Kier molecular flexibility index (Phi) is 1.51. The first-order valence-electron chi connectivity index (χ1n) is 4.81. The highest BCUT2D eigenvalue weighted by Crippen LogP contribution is 2.51. The summed E-state index contributed by atoms with van der Waals surface area (Å²) in [5.41, 5.74) is 0.790. The van der Waals surface area contributed by atoms with Crippen molar-refractivity contribution < 1.29 is 0 Å². The van der Waals surface area contributed by atoms with E-state index in [1.165, 1.54) is 44.9 Å². The van der Waals surface area contributed by atoms with Gasteiger partial charge >= 0.3 is 0 Å². The minimum absolute atomic E-state index is 0.790. The Morgan fingerprint density at radius 3 is 2.00 bits per heavy atom. The molecule has 0 aliphatic heterocycles. The van der Waals surface area contributed by atoms with Crippen LogP contribution in [-0.4, -0.2) is 0 Å². The summed E-state index contributed by atoms with van der Waals surface area (Å²) in [7, 11) is 0. The highest BCUT2D eigenvalue weighted by atomic mass is 14.4. The van der Waals surface area contributed by atoms with E-state index in [2.05, 4.69) is 6.92 Å². The van der Waals surface area contributed by atoms with Crippen LogP contribution in [0.25, 0.3) is 0 Å². The van der Waals surface area contributed by atoms with E-state index >= 15 is 0 Å². The molecule has 0 N–H and O–H groups in total. The van der Waals surface area contributed by atoms with E-state index in [9.17, 15) is 0 Å². The van der Waals surface area contributed by atoms with Gasteiger partial charge in [0.1, 0.15) is 0 Å². The molecule has 0 atom stereocenters. The molecule has 0 aromatic heterocycles. The van der Waals surface area contributed by atoms with Crippen LogP contribution in [0, 0.1) is 11.3 Å². The van der Waals surface area contributed by atoms with Gasteiger partial charge in [-0.25, -0.2) is 0 Å². The summed E-state index contributed by atoms with van der Waals surface area (Å²) in [5, 5.41) is 0. The van der Waals surface area contributed by atoms with Gasteiger partial charge in [0.25, 0.3) is 0 Å². The first kappa shape index (κ1) is 6.69. The van der Waals surface area contributed by atoms with Crippen LogP contribution < -0.4 is 0 Å². The van der Waals surface area contributed by atoms with Gasteiger partial charge < -0.3 is 0 Å². The second-order valence-electron chi connectivity index (χ2n) is 4.49. The van der Waals surface area contributed by atoms with Gasteiger partial charge in [0.05, 0.1) is 0 Å². The number of rotatable bonds is 1. The first-order chi connectivity index (χ1) is 4.81. The maximum absolute atomic E-state index is 2.52. The molecule has 0 aromatic rings. The molecule has 2 rings (SSSR count). The molecule has 0 nitrogen and oxygen atoms in total. The van der Waals surface area contributed by atoms with Gasteiger partial charge in [-0.3, -0.25) is 0 Å². The maximum Gasteiger partial charge on any atom is -0.0298 e. The molecule has 2 fully saturated rings. The van der Waals surface area contributed by atoms with Gasteiger partial charge in [-0.05, 0) is 37.0 Å². The summed E-state index contributed by atoms with van der Waals surface area (Å²) in [5.74, 6) is 1.12. The van der Waals surface area contributed by atoms with Crippen molar-refractivity contribution in [2.24, 2.45) is 11.3 Å². The molecule has 0 amide bonds. The zero-order chi connectivity index (χ0) is 7.03. The van der Waals surface area contributed by atoms with Crippen LogP contribution in [0.5, 0.6) is 0 Å². The Hall–Kier alpha value is 0. The molecule has 2 saturated carbocycles. The van der Waals surface area contributed by atoms with Crippen molar-refractivity contribution >= 4 is 0 Å². The Morgan fingerprint density at radius 2 is 1.60 bits per heavy atom. The minimum atomic E-state index is 0.790. The lowest BCUT2D eigenvalue weighted by atomic mass is 9.65. The lowest BCUT2D eigenvalue weighted by Gasteiger charge is -2.40. The Labute approximate surface area is 64.0 Å². The van der Waals surface area contributed by atoms with Crippen molar-refractivity contribution in [2.45, 2.75) is 51.9 Å². The monoisotopic (exact) mass is 138 g/mol. The summed E-state index contributed by atoms with van der Waals surface area (Å²) in [6.45, 7) is 2.52. The third kappa shape index (κ3) is 0.889. The van der Waals surface area contributed by atoms with E-state index in [4.69, 9.17) is 0 Å². The summed E-state index contributed by atoms with van der Waals surface area (Å²) in [4.78, 5) is 0. The molecule has 2 aliphatic carbocycles. The summed E-state index contributed by atoms with van der Waals surface area (Å²) in [6, 6.07) is 0. The van der Waals surface area contributed by atoms with Gasteiger partial charge in [-0.15, -0.1) is 0 Å². The lowest BCUT2D eigenvalue weighted by Crippen LogP contribution is -2.29. The first-order valence-corrected chi connectivity index (χ1v) is 4.81. The molecular weight excluding hydrogens is 120 g/mol. The van der Waals surface area contributed by atoms with Crippen molar-refractivity contribution in [3.8, 4) is 0 Å². The van der Waals surface area contributed by atoms with Gasteiger partial charge in [0, 0.05) is 0 Å². The minimum Gasteiger partial charge on any atom is -0.0594 e. The van der Waals surface area contributed by atoms with E-state index in [1.54, 1.807) is 0 Å². The number of hydrogen-bond acceptors (Lipinski definition) is 0. The van der Waals surface area contributed by atoms with E-state index in [0.717, 1.165) is 11.3 Å². The standard InChI is InChI=1S/C10H18/c1-10(7-2-3-8-10)9-5-4-6-9/h9H,2-8H2,1H3. The fourth-order valence-corrected chi connectivity index (χ4v) is 2.70. The van der Waals surface area contributed by atoms with E-state index in [0.29, 0.717) is 0 Å². The molecular formula is C10H18. The number of hydrogen-bond donors (Lipinski definition) is 0. The molecule has 0 heterocycles. The van der Waals surface area contributed by atoms with E-state index in [1.807, 2.05) is 0 Å². The zero-order valence-corrected chi connectivity index (χ0v) is 7.03. The highest BCUT2D eigenvalue weighted by Gasteiger charge is 2.39. The van der Waals surface area contributed by atoms with Crippen LogP contribution in [0.1, 0.15) is 51.9 Å². The Balaban J connectivity index is 1.98. The van der Waals surface area contributed by atoms with Gasteiger partial charge in [-0.1, -0.05) is 26.2 Å². The average Bonchev–Trinajstić information content (AvgIpc) is 2.09. The van der Waals surface area contributed by atoms with Crippen LogP contribution in [0.3, 0.4) is 0 Å². The van der Waals surface area contributed by atoms with Crippen LogP contribution in [-0.2, 0) is 0 Å². The largest absolute Gasteiger partial charge is 0.0594 e. The third-order valence-corrected chi connectivity index (χ3v) is 3.84. The normalized spacial score (nSPS) is 32.1. The summed E-state index contributed by atoms with van der Waals surface area (Å²) >= 11 is 0. The molecule has 0 spiro atoms. The quantitative estimate of drug-likeness (QED) is 0.521. The second kappa shape index (κ2) is 2.25. The van der Waals surface area contributed by atoms with Crippen molar-refractivity contribution in [3.05, 3.63) is 0 Å². The van der Waals surface area contributed by atoms with Crippen LogP contribution in [0.2, 0.25) is 0 Å². The zero-order valence-electron chi connectivity index (χ0n) is 7.03. The Bertz CT molecular complexity index is 116. The van der Waals surface area contributed by atoms with Gasteiger partial charge in [0.2, 0.25) is 0 Å². The summed E-state index contributed by atoms with van der Waals surface area (Å²) < 4.78 is 0. The predicted octanol–water partition coefficient (Wildman–Crippen LogP) is 3.37. The molecule has 0 saturated heterocycles. The predicted molar refractivity (Wildman–Crippen MR) is 43.9 cm³/mol. The molecule has 0 unspecified atom stereocenters. The lowest BCUT2D eigenvalue weighted by molar-refractivity contribution is 0.108. The topological polar surface area (TPSA) is 0 Å². The molecule has 2 aliphatic rings. The van der Waals surface area contributed by atoms with Crippen LogP contribution >= 0.6 is 0 Å². The fraction of sp³-hybridized carbons (Fsp3) is 1.00.